The van der Waals surface area contributed by atoms with Crippen molar-refractivity contribution >= 4 is 17.3 Å². The number of nitrogens with zero attached hydrogens (tertiary/aromatic N) is 5. The Labute approximate surface area is 167 Å². The second-order valence-electron chi connectivity index (χ2n) is 6.42. The molecule has 0 spiro atoms. The molecule has 0 radical (unpaired) electrons. The maximum Gasteiger partial charge on any atom is 0.418 e. The summed E-state index contributed by atoms with van der Waals surface area (Å²) >= 11 is 0. The number of alkyl halides is 3. The van der Waals surface area contributed by atoms with E-state index >= 15 is 0 Å². The Morgan fingerprint density at radius 1 is 1.00 bits per heavy atom. The zero-order valence-corrected chi connectivity index (χ0v) is 15.2. The van der Waals surface area contributed by atoms with E-state index in [9.17, 15) is 13.2 Å². The molecule has 1 N–H and O–H groups in total. The van der Waals surface area contributed by atoms with Crippen molar-refractivity contribution in [3.05, 3.63) is 54.4 Å². The van der Waals surface area contributed by atoms with Gasteiger partial charge in [-0.2, -0.15) is 22.8 Å². The second kappa shape index (κ2) is 6.87. The van der Waals surface area contributed by atoms with E-state index in [4.69, 9.17) is 9.47 Å². The largest absolute Gasteiger partial charge is 0.486 e. The molecule has 0 bridgehead atoms. The van der Waals surface area contributed by atoms with E-state index in [0.717, 1.165) is 6.07 Å². The first-order chi connectivity index (χ1) is 14.5. The Bertz CT molecular complexity index is 1240. The van der Waals surface area contributed by atoms with Crippen LogP contribution in [-0.2, 0) is 6.18 Å². The van der Waals surface area contributed by atoms with Crippen molar-refractivity contribution in [2.24, 2.45) is 0 Å². The number of halogens is 3. The summed E-state index contributed by atoms with van der Waals surface area (Å²) in [6.45, 7) is 0.954. The molecule has 152 valence electrons. The fraction of sp³-hybridized carbons (Fsp3) is 0.158. The van der Waals surface area contributed by atoms with Crippen LogP contribution in [0.15, 0.2) is 48.8 Å². The van der Waals surface area contributed by atoms with Crippen LogP contribution in [0.4, 0.5) is 24.8 Å². The highest BCUT2D eigenvalue weighted by molar-refractivity contribution is 5.68. The van der Waals surface area contributed by atoms with Crippen LogP contribution in [0, 0.1) is 0 Å². The van der Waals surface area contributed by atoms with E-state index in [2.05, 4.69) is 25.6 Å². The highest BCUT2D eigenvalue weighted by atomic mass is 19.4. The van der Waals surface area contributed by atoms with Gasteiger partial charge in [-0.1, -0.05) is 0 Å². The molecular formula is C19H13F3N6O2. The molecule has 4 heterocycles. The predicted molar refractivity (Wildman–Crippen MR) is 99.7 cm³/mol. The number of pyridine rings is 1. The Morgan fingerprint density at radius 2 is 1.83 bits per heavy atom. The molecule has 0 fully saturated rings. The fourth-order valence-electron chi connectivity index (χ4n) is 3.11. The molecular weight excluding hydrogens is 401 g/mol. The maximum atomic E-state index is 13.3. The number of benzene rings is 1. The molecule has 3 aromatic heterocycles. The Balaban J connectivity index is 1.48. The number of fused-ring (bicyclic) bond motifs is 2. The molecule has 0 saturated heterocycles. The van der Waals surface area contributed by atoms with Gasteiger partial charge >= 0.3 is 6.18 Å². The number of hydrogen-bond acceptors (Lipinski definition) is 7. The Kier molecular flexibility index (Phi) is 4.16. The molecule has 0 unspecified atom stereocenters. The lowest BCUT2D eigenvalue weighted by atomic mass is 10.1. The smallest absolute Gasteiger partial charge is 0.418 e. The third-order valence-corrected chi connectivity index (χ3v) is 4.45. The molecule has 30 heavy (non-hydrogen) atoms. The molecule has 1 aromatic carbocycles. The number of ether oxygens (including phenoxy) is 2. The first-order valence-corrected chi connectivity index (χ1v) is 8.90. The zero-order chi connectivity index (χ0) is 20.7. The van der Waals surface area contributed by atoms with Crippen LogP contribution < -0.4 is 14.8 Å². The van der Waals surface area contributed by atoms with Crippen molar-refractivity contribution in [1.82, 2.24) is 24.8 Å². The van der Waals surface area contributed by atoms with Crippen molar-refractivity contribution in [1.29, 1.82) is 0 Å². The van der Waals surface area contributed by atoms with Crippen molar-refractivity contribution in [2.75, 3.05) is 18.5 Å². The molecule has 0 atom stereocenters. The van der Waals surface area contributed by atoms with Crippen molar-refractivity contribution in [3.8, 4) is 22.8 Å². The number of nitrogens with one attached hydrogen (secondary N) is 1. The SMILES string of the molecule is FC(F)(F)c1cccnc1-c1cnn2c(Nc3ccc4c(c3)OCCO4)nnc2c1. The highest BCUT2D eigenvalue weighted by Gasteiger charge is 2.34. The summed E-state index contributed by atoms with van der Waals surface area (Å²) in [5, 5.41) is 15.3. The minimum Gasteiger partial charge on any atom is -0.486 e. The third-order valence-electron chi connectivity index (χ3n) is 4.45. The number of hydrogen-bond donors (Lipinski definition) is 1. The van der Waals surface area contributed by atoms with Crippen molar-refractivity contribution in [2.45, 2.75) is 6.18 Å². The van der Waals surface area contributed by atoms with Crippen LogP contribution >= 0.6 is 0 Å². The normalized spacial score (nSPS) is 13.4. The molecule has 0 saturated carbocycles. The summed E-state index contributed by atoms with van der Waals surface area (Å²) in [5.74, 6) is 1.55. The van der Waals surface area contributed by atoms with Gasteiger partial charge in [0.2, 0.25) is 5.95 Å². The van der Waals surface area contributed by atoms with E-state index in [1.807, 2.05) is 0 Å². The summed E-state index contributed by atoms with van der Waals surface area (Å²) in [5.41, 5.74) is 0.0678. The minimum absolute atomic E-state index is 0.189. The monoisotopic (exact) mass is 414 g/mol. The lowest BCUT2D eigenvalue weighted by Crippen LogP contribution is -2.15. The molecule has 5 rings (SSSR count). The molecule has 1 aliphatic rings. The van der Waals surface area contributed by atoms with Gasteiger partial charge in [0.05, 0.1) is 17.5 Å². The zero-order valence-electron chi connectivity index (χ0n) is 15.2. The van der Waals surface area contributed by atoms with Gasteiger partial charge in [-0.15, -0.1) is 10.2 Å². The number of anilines is 2. The average molecular weight is 414 g/mol. The molecule has 4 aromatic rings. The van der Waals surface area contributed by atoms with E-state index < -0.39 is 11.7 Å². The number of rotatable bonds is 3. The van der Waals surface area contributed by atoms with Crippen molar-refractivity contribution in [3.63, 3.8) is 0 Å². The van der Waals surface area contributed by atoms with Gasteiger partial charge in [-0.05, 0) is 30.3 Å². The second-order valence-corrected chi connectivity index (χ2v) is 6.42. The van der Waals surface area contributed by atoms with Crippen LogP contribution in [-0.4, -0.2) is 38.0 Å². The maximum absolute atomic E-state index is 13.3. The quantitative estimate of drug-likeness (QED) is 0.547. The summed E-state index contributed by atoms with van der Waals surface area (Å²) in [6, 6.07) is 8.98. The lowest BCUT2D eigenvalue weighted by molar-refractivity contribution is -0.137. The van der Waals surface area contributed by atoms with Crippen LogP contribution in [0.25, 0.3) is 16.9 Å². The van der Waals surface area contributed by atoms with Gasteiger partial charge in [-0.25, -0.2) is 0 Å². The van der Waals surface area contributed by atoms with Gasteiger partial charge in [0, 0.05) is 23.5 Å². The summed E-state index contributed by atoms with van der Waals surface area (Å²) in [7, 11) is 0. The summed E-state index contributed by atoms with van der Waals surface area (Å²) in [4.78, 5) is 3.88. The van der Waals surface area contributed by atoms with Crippen LogP contribution in [0.2, 0.25) is 0 Å². The van der Waals surface area contributed by atoms with E-state index in [1.165, 1.54) is 29.0 Å². The van der Waals surface area contributed by atoms with E-state index in [1.54, 1.807) is 18.2 Å². The van der Waals surface area contributed by atoms with Crippen LogP contribution in [0.1, 0.15) is 5.56 Å². The topological polar surface area (TPSA) is 86.5 Å². The fourth-order valence-corrected chi connectivity index (χ4v) is 3.11. The van der Waals surface area contributed by atoms with Crippen LogP contribution in [0.5, 0.6) is 11.5 Å². The average Bonchev–Trinajstić information content (AvgIpc) is 3.15. The Hall–Kier alpha value is -3.89. The minimum atomic E-state index is -4.53. The standard InChI is InChI=1S/C19H13F3N6O2/c20-19(21,22)13-2-1-5-23-17(13)11-8-16-26-27-18(28(16)24-10-11)25-12-3-4-14-15(9-12)30-7-6-29-14/h1-5,8-10H,6-7H2,(H,25,27). The first kappa shape index (κ1) is 18.2. The van der Waals surface area contributed by atoms with Gasteiger partial charge < -0.3 is 14.8 Å². The third kappa shape index (κ3) is 3.23. The van der Waals surface area contributed by atoms with E-state index in [-0.39, 0.29) is 16.9 Å². The Morgan fingerprint density at radius 3 is 2.67 bits per heavy atom. The van der Waals surface area contributed by atoms with Gasteiger partial charge in [0.25, 0.3) is 0 Å². The lowest BCUT2D eigenvalue weighted by Gasteiger charge is -2.18. The van der Waals surface area contributed by atoms with Gasteiger partial charge in [-0.3, -0.25) is 4.98 Å². The highest BCUT2D eigenvalue weighted by Crippen LogP contribution is 2.36. The van der Waals surface area contributed by atoms with Gasteiger partial charge in [0.15, 0.2) is 17.1 Å². The molecule has 1 aliphatic heterocycles. The summed E-state index contributed by atoms with van der Waals surface area (Å²) < 4.78 is 52.3. The molecule has 8 nitrogen and oxygen atoms in total. The molecule has 0 aliphatic carbocycles. The number of aromatic nitrogens is 5. The molecule has 0 amide bonds. The first-order valence-electron chi connectivity index (χ1n) is 8.90. The molecule has 11 heteroatoms. The van der Waals surface area contributed by atoms with Gasteiger partial charge in [0.1, 0.15) is 13.2 Å². The van der Waals surface area contributed by atoms with E-state index in [0.29, 0.717) is 36.3 Å². The van der Waals surface area contributed by atoms with Crippen molar-refractivity contribution < 1.29 is 22.6 Å². The predicted octanol–water partition coefficient (Wildman–Crippen LogP) is 3.72. The summed E-state index contributed by atoms with van der Waals surface area (Å²) in [6.07, 6.45) is -1.94. The van der Waals surface area contributed by atoms with Crippen LogP contribution in [0.3, 0.4) is 0 Å².